The van der Waals surface area contributed by atoms with Gasteiger partial charge in [0, 0.05) is 25.4 Å². The molecule has 2 amide bonds. The third-order valence-electron chi connectivity index (χ3n) is 4.05. The molecule has 2 aromatic rings. The fourth-order valence-corrected chi connectivity index (χ4v) is 2.90. The molecule has 26 heavy (non-hydrogen) atoms. The van der Waals surface area contributed by atoms with Crippen LogP contribution < -0.4 is 0 Å². The van der Waals surface area contributed by atoms with E-state index in [4.69, 9.17) is 4.74 Å². The van der Waals surface area contributed by atoms with Crippen LogP contribution in [0.4, 0.5) is 4.79 Å². The van der Waals surface area contributed by atoms with Crippen LogP contribution in [-0.4, -0.2) is 38.6 Å². The lowest BCUT2D eigenvalue weighted by molar-refractivity contribution is -0.124. The first-order valence-corrected chi connectivity index (χ1v) is 8.54. The molecule has 1 saturated heterocycles. The first-order chi connectivity index (χ1) is 12.2. The predicted octanol–water partition coefficient (Wildman–Crippen LogP) is 3.36. The number of benzene rings is 1. The minimum absolute atomic E-state index is 0.226. The van der Waals surface area contributed by atoms with Gasteiger partial charge >= 0.3 is 6.09 Å². The number of nitrogens with zero attached hydrogens (tertiary/aromatic N) is 3. The van der Waals surface area contributed by atoms with Gasteiger partial charge in [0.2, 0.25) is 0 Å². The zero-order valence-electron chi connectivity index (χ0n) is 15.5. The van der Waals surface area contributed by atoms with Gasteiger partial charge in [-0.3, -0.25) is 4.79 Å². The van der Waals surface area contributed by atoms with Crippen LogP contribution in [0.5, 0.6) is 0 Å². The van der Waals surface area contributed by atoms with Gasteiger partial charge in [0.15, 0.2) is 0 Å². The molecule has 1 unspecified atom stereocenters. The maximum Gasteiger partial charge on any atom is 0.417 e. The van der Waals surface area contributed by atoms with Crippen molar-refractivity contribution < 1.29 is 14.3 Å². The van der Waals surface area contributed by atoms with Gasteiger partial charge in [-0.15, -0.1) is 0 Å². The summed E-state index contributed by atoms with van der Waals surface area (Å²) in [6.45, 7) is 5.57. The molecular weight excluding hydrogens is 330 g/mol. The largest absolute Gasteiger partial charge is 0.443 e. The van der Waals surface area contributed by atoms with Gasteiger partial charge < -0.3 is 9.30 Å². The summed E-state index contributed by atoms with van der Waals surface area (Å²) in [5.41, 5.74) is 1.54. The van der Waals surface area contributed by atoms with Crippen molar-refractivity contribution >= 4 is 18.1 Å². The molecule has 1 aliphatic rings. The van der Waals surface area contributed by atoms with Crippen molar-refractivity contribution in [3.05, 3.63) is 59.7 Å². The third kappa shape index (κ3) is 3.85. The quantitative estimate of drug-likeness (QED) is 0.777. The Kier molecular flexibility index (Phi) is 4.68. The lowest BCUT2D eigenvalue weighted by Crippen LogP contribution is -2.37. The van der Waals surface area contributed by atoms with E-state index >= 15 is 0 Å². The number of carbonyl (C=O) groups excluding carboxylic acids is 2. The summed E-state index contributed by atoms with van der Waals surface area (Å²) in [6.07, 6.45) is 4.76. The first kappa shape index (κ1) is 17.9. The second-order valence-electron chi connectivity index (χ2n) is 7.42. The number of carbonyl (C=O) groups is 2. The average Bonchev–Trinajstić information content (AvgIpc) is 3.11. The first-order valence-electron chi connectivity index (χ1n) is 8.54. The second kappa shape index (κ2) is 6.78. The van der Waals surface area contributed by atoms with Gasteiger partial charge in [0.05, 0.1) is 17.9 Å². The van der Waals surface area contributed by atoms with Crippen molar-refractivity contribution in [3.63, 3.8) is 0 Å². The molecule has 1 atom stereocenters. The highest BCUT2D eigenvalue weighted by molar-refractivity contribution is 6.08. The predicted molar refractivity (Wildman–Crippen MR) is 98.3 cm³/mol. The molecule has 6 heteroatoms. The van der Waals surface area contributed by atoms with Crippen LogP contribution in [0.1, 0.15) is 37.9 Å². The highest BCUT2D eigenvalue weighted by atomic mass is 16.6. The van der Waals surface area contributed by atoms with Crippen molar-refractivity contribution in [1.82, 2.24) is 14.5 Å². The molecule has 6 nitrogen and oxygen atoms in total. The van der Waals surface area contributed by atoms with Crippen LogP contribution in [0.15, 0.2) is 48.4 Å². The SMILES string of the molecule is Cn1cnc(C2CN(C(=O)OC(C)(C)C)C(=O)/C2=C/c2ccccc2)c1. The van der Waals surface area contributed by atoms with E-state index in [9.17, 15) is 9.59 Å². The third-order valence-corrected chi connectivity index (χ3v) is 4.05. The Hall–Kier alpha value is -2.89. The number of aromatic nitrogens is 2. The van der Waals surface area contributed by atoms with Gasteiger partial charge in [-0.2, -0.15) is 0 Å². The molecular formula is C20H23N3O3. The van der Waals surface area contributed by atoms with Crippen LogP contribution in [0.3, 0.4) is 0 Å². The minimum atomic E-state index is -0.663. The lowest BCUT2D eigenvalue weighted by Gasteiger charge is -2.23. The fraction of sp³-hybridized carbons (Fsp3) is 0.350. The van der Waals surface area contributed by atoms with Crippen molar-refractivity contribution in [1.29, 1.82) is 0 Å². The molecule has 1 aliphatic heterocycles. The van der Waals surface area contributed by atoms with Crippen molar-refractivity contribution in [2.45, 2.75) is 32.3 Å². The zero-order chi connectivity index (χ0) is 18.9. The number of rotatable bonds is 2. The Labute approximate surface area is 153 Å². The standard InChI is InChI=1S/C20H23N3O3/c1-20(2,3)26-19(25)23-11-16(17-12-22(4)13-21-17)15(18(23)24)10-14-8-6-5-7-9-14/h5-10,12-13,16H,11H2,1-4H3/b15-10+. The van der Waals surface area contributed by atoms with E-state index in [1.54, 1.807) is 27.1 Å². The zero-order valence-corrected chi connectivity index (χ0v) is 15.5. The number of likely N-dealkylation sites (tertiary alicyclic amines) is 1. The number of hydrogen-bond donors (Lipinski definition) is 0. The number of hydrogen-bond acceptors (Lipinski definition) is 4. The minimum Gasteiger partial charge on any atom is -0.443 e. The van der Waals surface area contributed by atoms with Gasteiger partial charge in [-0.1, -0.05) is 30.3 Å². The Balaban J connectivity index is 1.97. The molecule has 0 aliphatic carbocycles. The Morgan fingerprint density at radius 3 is 2.54 bits per heavy atom. The molecule has 1 aromatic carbocycles. The number of imide groups is 1. The van der Waals surface area contributed by atoms with Crippen LogP contribution in [0.25, 0.3) is 6.08 Å². The molecule has 0 N–H and O–H groups in total. The van der Waals surface area contributed by atoms with Crippen molar-refractivity contribution in [3.8, 4) is 0 Å². The highest BCUT2D eigenvalue weighted by Gasteiger charge is 2.42. The average molecular weight is 353 g/mol. The molecule has 2 heterocycles. The van der Waals surface area contributed by atoms with Crippen LogP contribution in [0, 0.1) is 0 Å². The lowest BCUT2D eigenvalue weighted by atomic mass is 9.97. The number of aryl methyl sites for hydroxylation is 1. The summed E-state index contributed by atoms with van der Waals surface area (Å²) in [5, 5.41) is 0. The van der Waals surface area contributed by atoms with E-state index in [0.29, 0.717) is 5.57 Å². The molecule has 3 rings (SSSR count). The van der Waals surface area contributed by atoms with Gasteiger partial charge in [0.25, 0.3) is 5.91 Å². The van der Waals surface area contributed by atoms with Gasteiger partial charge in [0.1, 0.15) is 5.60 Å². The smallest absolute Gasteiger partial charge is 0.417 e. The molecule has 1 aromatic heterocycles. The van der Waals surface area contributed by atoms with E-state index in [1.165, 1.54) is 4.90 Å². The molecule has 1 fully saturated rings. The topological polar surface area (TPSA) is 64.4 Å². The van der Waals surface area contributed by atoms with Gasteiger partial charge in [-0.05, 0) is 32.4 Å². The van der Waals surface area contributed by atoms with Crippen molar-refractivity contribution in [2.75, 3.05) is 6.54 Å². The molecule has 0 radical (unpaired) electrons. The maximum absolute atomic E-state index is 12.9. The summed E-state index contributed by atoms with van der Waals surface area (Å²) in [6, 6.07) is 9.58. The fourth-order valence-electron chi connectivity index (χ4n) is 2.90. The van der Waals surface area contributed by atoms with Gasteiger partial charge in [-0.25, -0.2) is 14.7 Å². The van der Waals surface area contributed by atoms with Crippen molar-refractivity contribution in [2.24, 2.45) is 7.05 Å². The van der Waals surface area contributed by atoms with E-state index in [-0.39, 0.29) is 18.4 Å². The molecule has 136 valence electrons. The Morgan fingerprint density at radius 2 is 1.96 bits per heavy atom. The molecule has 0 spiro atoms. The van der Waals surface area contributed by atoms with E-state index in [2.05, 4.69) is 4.98 Å². The Morgan fingerprint density at radius 1 is 1.27 bits per heavy atom. The van der Waals surface area contributed by atoms with E-state index in [0.717, 1.165) is 11.3 Å². The summed E-state index contributed by atoms with van der Waals surface area (Å²) < 4.78 is 7.22. The highest BCUT2D eigenvalue weighted by Crippen LogP contribution is 2.34. The molecule has 0 bridgehead atoms. The number of amides is 2. The number of ether oxygens (including phenoxy) is 1. The van der Waals surface area contributed by atoms with Crippen LogP contribution in [-0.2, 0) is 16.6 Å². The maximum atomic E-state index is 12.9. The van der Waals surface area contributed by atoms with Crippen LogP contribution in [0.2, 0.25) is 0 Å². The Bertz CT molecular complexity index is 847. The summed E-state index contributed by atoms with van der Waals surface area (Å²) in [5.74, 6) is -0.616. The molecule has 0 saturated carbocycles. The summed E-state index contributed by atoms with van der Waals surface area (Å²) in [4.78, 5) is 31.0. The monoisotopic (exact) mass is 353 g/mol. The summed E-state index contributed by atoms with van der Waals surface area (Å²) in [7, 11) is 1.87. The normalized spacial score (nSPS) is 19.2. The van der Waals surface area contributed by atoms with E-state index < -0.39 is 11.7 Å². The van der Waals surface area contributed by atoms with E-state index in [1.807, 2.05) is 54.2 Å². The van der Waals surface area contributed by atoms with Crippen LogP contribution >= 0.6 is 0 Å². The second-order valence-corrected chi connectivity index (χ2v) is 7.42. The number of imidazole rings is 1. The summed E-state index contributed by atoms with van der Waals surface area (Å²) >= 11 is 0.